The Hall–Kier alpha value is -3.48. The van der Waals surface area contributed by atoms with E-state index in [1.54, 1.807) is 33.0 Å². The summed E-state index contributed by atoms with van der Waals surface area (Å²) in [6.07, 6.45) is 0.818. The maximum absolute atomic E-state index is 15.6. The highest BCUT2D eigenvalue weighted by molar-refractivity contribution is 6.15. The molecule has 0 unspecified atom stereocenters. The number of allylic oxidation sites excluding steroid dienone is 1. The van der Waals surface area contributed by atoms with Crippen molar-refractivity contribution in [2.45, 2.75) is 56.7 Å². The maximum Gasteiger partial charge on any atom is 0.248 e. The summed E-state index contributed by atoms with van der Waals surface area (Å²) < 4.78 is 15.6. The second-order valence-electron chi connectivity index (χ2n) is 12.1. The van der Waals surface area contributed by atoms with Gasteiger partial charge in [-0.2, -0.15) is 0 Å². The summed E-state index contributed by atoms with van der Waals surface area (Å²) in [6, 6.07) is -0.404. The lowest BCUT2D eigenvalue weighted by molar-refractivity contribution is -0.120. The van der Waals surface area contributed by atoms with Crippen molar-refractivity contribution in [3.8, 4) is 5.75 Å². The van der Waals surface area contributed by atoms with Crippen LogP contribution in [0.1, 0.15) is 48.5 Å². The van der Waals surface area contributed by atoms with E-state index in [-0.39, 0.29) is 41.0 Å². The number of aromatic hydroxyl groups is 1. The molecule has 0 saturated carbocycles. The van der Waals surface area contributed by atoms with Crippen molar-refractivity contribution in [1.29, 1.82) is 0 Å². The summed E-state index contributed by atoms with van der Waals surface area (Å²) in [5, 5.41) is 47.9. The number of likely N-dealkylation sites (tertiary alicyclic amines) is 1. The molecular formula is C28H35FN4O7. The zero-order chi connectivity index (χ0) is 29.5. The first kappa shape index (κ1) is 28.1. The third-order valence-corrected chi connectivity index (χ3v) is 9.26. The molecule has 0 radical (unpaired) electrons. The number of fused-ring (bicyclic) bond motifs is 3. The topological polar surface area (TPSA) is 177 Å². The summed E-state index contributed by atoms with van der Waals surface area (Å²) in [7, 11) is 5.04. The Balaban J connectivity index is 1.62. The number of ketones is 1. The van der Waals surface area contributed by atoms with Gasteiger partial charge in [-0.1, -0.05) is 6.92 Å². The van der Waals surface area contributed by atoms with Gasteiger partial charge in [0, 0.05) is 35.0 Å². The van der Waals surface area contributed by atoms with E-state index in [9.17, 15) is 34.8 Å². The molecule has 5 rings (SSSR count). The average molecular weight is 559 g/mol. The average Bonchev–Trinajstić information content (AvgIpc) is 3.29. The molecular weight excluding hydrogens is 523 g/mol. The molecule has 40 heavy (non-hydrogen) atoms. The van der Waals surface area contributed by atoms with Crippen molar-refractivity contribution in [2.24, 2.45) is 17.1 Å². The van der Waals surface area contributed by atoms with Gasteiger partial charge in [0.2, 0.25) is 11.8 Å². The van der Waals surface area contributed by atoms with Crippen molar-refractivity contribution in [3.63, 3.8) is 0 Å². The highest BCUT2D eigenvalue weighted by atomic mass is 19.1. The maximum atomic E-state index is 15.6. The van der Waals surface area contributed by atoms with Crippen molar-refractivity contribution >= 4 is 23.3 Å². The van der Waals surface area contributed by atoms with Gasteiger partial charge in [0.15, 0.2) is 11.5 Å². The van der Waals surface area contributed by atoms with Crippen LogP contribution < -0.4 is 11.1 Å². The highest BCUT2D eigenvalue weighted by Crippen LogP contribution is 2.58. The second-order valence-corrected chi connectivity index (χ2v) is 12.1. The van der Waals surface area contributed by atoms with Crippen LogP contribution in [-0.4, -0.2) is 93.2 Å². The van der Waals surface area contributed by atoms with Crippen LogP contribution in [0.25, 0.3) is 0 Å². The normalized spacial score (nSPS) is 32.2. The number of rotatable bonds is 4. The third-order valence-electron chi connectivity index (χ3n) is 9.26. The Morgan fingerprint density at radius 1 is 1.23 bits per heavy atom. The van der Waals surface area contributed by atoms with Gasteiger partial charge in [-0.25, -0.2) is 4.39 Å². The smallest absolute Gasteiger partial charge is 0.248 e. The van der Waals surface area contributed by atoms with E-state index in [2.05, 4.69) is 5.32 Å². The molecule has 216 valence electrons. The first-order chi connectivity index (χ1) is 18.6. The summed E-state index contributed by atoms with van der Waals surface area (Å²) in [5.74, 6) is -5.65. The van der Waals surface area contributed by atoms with Crippen LogP contribution in [0.3, 0.4) is 0 Å². The van der Waals surface area contributed by atoms with E-state index in [1.165, 1.54) is 0 Å². The fourth-order valence-electron chi connectivity index (χ4n) is 7.28. The van der Waals surface area contributed by atoms with Gasteiger partial charge in [0.25, 0.3) is 0 Å². The lowest BCUT2D eigenvalue weighted by Gasteiger charge is -2.54. The predicted octanol–water partition coefficient (Wildman–Crippen LogP) is 1.50. The van der Waals surface area contributed by atoms with Gasteiger partial charge in [0.1, 0.15) is 22.9 Å². The van der Waals surface area contributed by atoms with Crippen LogP contribution in [0.4, 0.5) is 10.1 Å². The molecule has 7 N–H and O–H groups in total. The quantitative estimate of drug-likeness (QED) is 0.299. The number of carbonyl (C=O) groups excluding carboxylic acids is 3. The van der Waals surface area contributed by atoms with E-state index in [4.69, 9.17) is 5.73 Å². The van der Waals surface area contributed by atoms with Crippen molar-refractivity contribution in [2.75, 3.05) is 33.0 Å². The van der Waals surface area contributed by atoms with Crippen LogP contribution in [0.2, 0.25) is 0 Å². The van der Waals surface area contributed by atoms with Gasteiger partial charge in [0.05, 0.1) is 28.9 Å². The van der Waals surface area contributed by atoms with Crippen LogP contribution in [0.15, 0.2) is 28.7 Å². The number of aliphatic hydroxyl groups excluding tert-OH is 2. The number of Topliss-reactive ketones (excluding diaryl/α,β-unsaturated/α-hetero) is 1. The van der Waals surface area contributed by atoms with Crippen molar-refractivity contribution in [3.05, 3.63) is 45.7 Å². The SMILES string of the molecule is CN(C)[C@@H]1C(O)=C(C(N)=O)C[C@@]2(O)C(O)=C3C(=O)c4c(O)c(NC(=O)[C@@H]5CCCN5C)cc(F)c4C[C@@]3(C)C[C@@H]12. The van der Waals surface area contributed by atoms with E-state index >= 15 is 4.39 Å². The monoisotopic (exact) mass is 558 g/mol. The molecule has 1 aromatic carbocycles. The third kappa shape index (κ3) is 3.92. The minimum Gasteiger partial charge on any atom is -0.510 e. The number of halogens is 1. The molecule has 1 fully saturated rings. The molecule has 1 saturated heterocycles. The van der Waals surface area contributed by atoms with Crippen molar-refractivity contribution in [1.82, 2.24) is 9.80 Å². The molecule has 11 nitrogen and oxygen atoms in total. The van der Waals surface area contributed by atoms with Gasteiger partial charge in [-0.15, -0.1) is 0 Å². The number of phenols is 1. The number of primary amides is 1. The molecule has 3 aliphatic carbocycles. The number of anilines is 1. The minimum atomic E-state index is -2.14. The predicted molar refractivity (Wildman–Crippen MR) is 142 cm³/mol. The molecule has 4 aliphatic rings. The molecule has 1 aliphatic heterocycles. The molecule has 0 spiro atoms. The Morgan fingerprint density at radius 3 is 2.48 bits per heavy atom. The molecule has 12 heteroatoms. The summed E-state index contributed by atoms with van der Waals surface area (Å²) in [4.78, 5) is 42.4. The number of nitrogens with zero attached hydrogens (tertiary/aromatic N) is 2. The Bertz CT molecular complexity index is 1410. The number of likely N-dealkylation sites (N-methyl/N-ethyl adjacent to an activating group) is 2. The molecule has 1 aromatic rings. The minimum absolute atomic E-state index is 0.0414. The van der Waals surface area contributed by atoms with Crippen LogP contribution >= 0.6 is 0 Å². The Labute approximate surface area is 230 Å². The molecule has 0 bridgehead atoms. The first-order valence-corrected chi connectivity index (χ1v) is 13.3. The zero-order valence-corrected chi connectivity index (χ0v) is 22.9. The number of aliphatic hydroxyl groups is 3. The number of phenolic OH excluding ortho intramolecular Hbond substituents is 1. The molecule has 0 aromatic heterocycles. The van der Waals surface area contributed by atoms with Crippen LogP contribution in [-0.2, 0) is 16.0 Å². The van der Waals surface area contributed by atoms with Gasteiger partial charge in [-0.3, -0.25) is 24.2 Å². The first-order valence-electron chi connectivity index (χ1n) is 13.3. The Kier molecular flexibility index (Phi) is 6.51. The van der Waals surface area contributed by atoms with E-state index in [0.29, 0.717) is 6.42 Å². The summed E-state index contributed by atoms with van der Waals surface area (Å²) in [5.41, 5.74) is 0.936. The summed E-state index contributed by atoms with van der Waals surface area (Å²) in [6.45, 7) is 2.37. The molecule has 1 heterocycles. The number of hydrogen-bond donors (Lipinski definition) is 6. The van der Waals surface area contributed by atoms with Gasteiger partial charge < -0.3 is 31.5 Å². The largest absolute Gasteiger partial charge is 0.510 e. The fourth-order valence-corrected chi connectivity index (χ4v) is 7.28. The Morgan fingerprint density at radius 2 is 1.90 bits per heavy atom. The number of carbonyl (C=O) groups is 3. The number of benzene rings is 1. The second kappa shape index (κ2) is 9.28. The van der Waals surface area contributed by atoms with E-state index in [0.717, 1.165) is 19.0 Å². The fraction of sp³-hybridized carbons (Fsp3) is 0.536. The number of nitrogens with two attached hydrogens (primary N) is 1. The van der Waals surface area contributed by atoms with Crippen LogP contribution in [0.5, 0.6) is 5.75 Å². The van der Waals surface area contributed by atoms with Crippen molar-refractivity contribution < 1.29 is 39.2 Å². The zero-order valence-electron chi connectivity index (χ0n) is 22.9. The number of nitrogens with one attached hydrogen (secondary N) is 1. The van der Waals surface area contributed by atoms with Gasteiger partial charge in [-0.05, 0) is 53.4 Å². The number of amides is 2. The van der Waals surface area contributed by atoms with E-state index in [1.807, 2.05) is 4.90 Å². The summed E-state index contributed by atoms with van der Waals surface area (Å²) >= 11 is 0. The van der Waals surface area contributed by atoms with E-state index < -0.39 is 75.9 Å². The van der Waals surface area contributed by atoms with Crippen LogP contribution in [0, 0.1) is 17.2 Å². The lowest BCUT2D eigenvalue weighted by Crippen LogP contribution is -2.61. The molecule has 5 atom stereocenters. The van der Waals surface area contributed by atoms with Gasteiger partial charge >= 0.3 is 0 Å². The molecule has 2 amide bonds. The lowest BCUT2D eigenvalue weighted by atomic mass is 9.53. The highest BCUT2D eigenvalue weighted by Gasteiger charge is 2.61. The standard InChI is InChI=1S/C28H35FN4O7/c1-27-9-12-15(29)8-16(31-26(39)17-6-5-7-33(17)4)22(35)18(12)23(36)19(27)24(37)28(40)10-13(25(30)38)21(34)20(32(2)3)14(28)11-27/h8,14,17,20,34-35,37,40H,5-7,9-11H2,1-4H3,(H2,30,38)(H,31,39)/t14-,17-,20-,27-,28-/m0/s1. The number of hydrogen-bond acceptors (Lipinski definition) is 9.